The minimum absolute atomic E-state index is 0.164. The normalized spacial score (nSPS) is 19.5. The third-order valence-corrected chi connectivity index (χ3v) is 3.42. The summed E-state index contributed by atoms with van der Waals surface area (Å²) in [6.45, 7) is 9.02. The first kappa shape index (κ1) is 16.0. The van der Waals surface area contributed by atoms with Crippen molar-refractivity contribution >= 4 is 0 Å². The van der Waals surface area contributed by atoms with Crippen LogP contribution in [0.5, 0.6) is 5.75 Å². The number of rotatable bonds is 3. The molecule has 108 valence electrons. The number of methoxy groups -OCH3 is 1. The summed E-state index contributed by atoms with van der Waals surface area (Å²) in [6, 6.07) is 5.02. The molecule has 0 spiro atoms. The number of piperidine rings is 1. The molecule has 0 radical (unpaired) electrons. The van der Waals surface area contributed by atoms with Gasteiger partial charge in [0.2, 0.25) is 0 Å². The van der Waals surface area contributed by atoms with E-state index in [0.29, 0.717) is 23.8 Å². The van der Waals surface area contributed by atoms with E-state index in [1.54, 1.807) is 13.2 Å². The van der Waals surface area contributed by atoms with Crippen molar-refractivity contribution in [1.82, 2.24) is 4.90 Å². The Bertz CT molecular complexity index is 381. The first-order valence-electron chi connectivity index (χ1n) is 7.24. The summed E-state index contributed by atoms with van der Waals surface area (Å²) in [5.74, 6) is 1.20. The van der Waals surface area contributed by atoms with Crippen molar-refractivity contribution in [2.24, 2.45) is 5.92 Å². The Morgan fingerprint density at radius 3 is 2.74 bits per heavy atom. The molecule has 0 aromatic heterocycles. The lowest BCUT2D eigenvalue weighted by molar-refractivity contribution is 0.173. The van der Waals surface area contributed by atoms with Crippen molar-refractivity contribution in [3.63, 3.8) is 0 Å². The van der Waals surface area contributed by atoms with Gasteiger partial charge in [0, 0.05) is 18.7 Å². The van der Waals surface area contributed by atoms with Crippen LogP contribution in [0.3, 0.4) is 0 Å². The van der Waals surface area contributed by atoms with E-state index in [0.717, 1.165) is 13.1 Å². The van der Waals surface area contributed by atoms with Crippen LogP contribution in [0.25, 0.3) is 0 Å². The summed E-state index contributed by atoms with van der Waals surface area (Å²) in [7, 11) is 1.59. The van der Waals surface area contributed by atoms with Crippen LogP contribution >= 0.6 is 0 Å². The molecule has 1 unspecified atom stereocenters. The van der Waals surface area contributed by atoms with Gasteiger partial charge in [-0.15, -0.1) is 0 Å². The summed E-state index contributed by atoms with van der Waals surface area (Å²) in [4.78, 5) is 2.31. The molecule has 0 aliphatic carbocycles. The van der Waals surface area contributed by atoms with E-state index in [1.807, 2.05) is 19.9 Å². The van der Waals surface area contributed by atoms with Crippen LogP contribution in [0.2, 0.25) is 0 Å². The number of hydrogen-bond donors (Lipinski definition) is 0. The molecule has 0 bridgehead atoms. The summed E-state index contributed by atoms with van der Waals surface area (Å²) < 4.78 is 19.0. The van der Waals surface area contributed by atoms with Crippen LogP contribution in [0.4, 0.5) is 4.39 Å². The molecule has 2 rings (SSSR count). The molecule has 0 amide bonds. The van der Waals surface area contributed by atoms with Crippen molar-refractivity contribution < 1.29 is 9.13 Å². The number of benzene rings is 1. The molecular weight excluding hydrogens is 241 g/mol. The highest BCUT2D eigenvalue weighted by atomic mass is 19.1. The van der Waals surface area contributed by atoms with Gasteiger partial charge < -0.3 is 4.74 Å². The summed E-state index contributed by atoms with van der Waals surface area (Å²) in [6.07, 6.45) is 2.49. The molecule has 1 atom stereocenters. The Kier molecular flexibility index (Phi) is 6.85. The molecule has 1 fully saturated rings. The second-order valence-corrected chi connectivity index (χ2v) is 4.90. The van der Waals surface area contributed by atoms with Gasteiger partial charge in [0.05, 0.1) is 7.11 Å². The van der Waals surface area contributed by atoms with Crippen LogP contribution in [0, 0.1) is 11.7 Å². The number of halogens is 1. The van der Waals surface area contributed by atoms with Gasteiger partial charge in [-0.2, -0.15) is 0 Å². The van der Waals surface area contributed by atoms with Gasteiger partial charge in [0.1, 0.15) is 11.6 Å². The first-order chi connectivity index (χ1) is 9.20. The minimum Gasteiger partial charge on any atom is -0.496 e. The maximum atomic E-state index is 13.8. The van der Waals surface area contributed by atoms with Gasteiger partial charge in [0.15, 0.2) is 0 Å². The Morgan fingerprint density at radius 1 is 1.37 bits per heavy atom. The molecule has 0 N–H and O–H groups in total. The number of ether oxygens (including phenoxy) is 1. The fraction of sp³-hybridized carbons (Fsp3) is 0.625. The Balaban J connectivity index is 0.000000861. The Labute approximate surface area is 116 Å². The lowest BCUT2D eigenvalue weighted by atomic mass is 9.99. The first-order valence-corrected chi connectivity index (χ1v) is 7.24. The Hall–Kier alpha value is -1.09. The molecular formula is C16H26FNO. The predicted octanol–water partition coefficient (Wildman–Crippen LogP) is 4.09. The van der Waals surface area contributed by atoms with Crippen molar-refractivity contribution in [2.75, 3.05) is 20.2 Å². The Morgan fingerprint density at radius 2 is 2.11 bits per heavy atom. The van der Waals surface area contributed by atoms with E-state index >= 15 is 0 Å². The van der Waals surface area contributed by atoms with E-state index < -0.39 is 0 Å². The molecule has 1 aliphatic rings. The molecule has 1 heterocycles. The van der Waals surface area contributed by atoms with Crippen molar-refractivity contribution in [2.45, 2.75) is 40.2 Å². The molecule has 3 heteroatoms. The van der Waals surface area contributed by atoms with Crippen LogP contribution in [0.15, 0.2) is 18.2 Å². The van der Waals surface area contributed by atoms with E-state index in [-0.39, 0.29) is 5.82 Å². The zero-order valence-electron chi connectivity index (χ0n) is 12.6. The van der Waals surface area contributed by atoms with Gasteiger partial charge in [-0.25, -0.2) is 4.39 Å². The van der Waals surface area contributed by atoms with Crippen LogP contribution in [-0.4, -0.2) is 25.1 Å². The highest BCUT2D eigenvalue weighted by Gasteiger charge is 2.19. The molecule has 0 saturated carbocycles. The summed E-state index contributed by atoms with van der Waals surface area (Å²) >= 11 is 0. The predicted molar refractivity (Wildman–Crippen MR) is 78.0 cm³/mol. The third-order valence-electron chi connectivity index (χ3n) is 3.42. The SMILES string of the molecule is CC.COc1cccc(F)c1CN1CCCC(C)C1. The van der Waals surface area contributed by atoms with E-state index in [4.69, 9.17) is 4.74 Å². The summed E-state index contributed by atoms with van der Waals surface area (Å²) in [5, 5.41) is 0. The third kappa shape index (κ3) is 4.50. The van der Waals surface area contributed by atoms with Crippen molar-refractivity contribution in [3.8, 4) is 5.75 Å². The number of likely N-dealkylation sites (tertiary alicyclic amines) is 1. The average Bonchev–Trinajstić information content (AvgIpc) is 2.43. The quantitative estimate of drug-likeness (QED) is 0.817. The second kappa shape index (κ2) is 8.16. The molecule has 1 aromatic carbocycles. The molecule has 1 aliphatic heterocycles. The lowest BCUT2D eigenvalue weighted by Crippen LogP contribution is -2.34. The highest BCUT2D eigenvalue weighted by Crippen LogP contribution is 2.25. The van der Waals surface area contributed by atoms with Gasteiger partial charge in [0.25, 0.3) is 0 Å². The zero-order valence-corrected chi connectivity index (χ0v) is 12.6. The molecule has 2 nitrogen and oxygen atoms in total. The number of nitrogens with zero attached hydrogens (tertiary/aromatic N) is 1. The summed E-state index contributed by atoms with van der Waals surface area (Å²) in [5.41, 5.74) is 0.684. The number of hydrogen-bond acceptors (Lipinski definition) is 2. The molecule has 1 saturated heterocycles. The maximum Gasteiger partial charge on any atom is 0.131 e. The topological polar surface area (TPSA) is 12.5 Å². The standard InChI is InChI=1S/C14H20FNO.C2H6/c1-11-5-4-8-16(9-11)10-12-13(15)6-3-7-14(12)17-2;1-2/h3,6-7,11H,4-5,8-10H2,1-2H3;1-2H3. The van der Waals surface area contributed by atoms with Crippen LogP contribution in [-0.2, 0) is 6.54 Å². The highest BCUT2D eigenvalue weighted by molar-refractivity contribution is 5.34. The monoisotopic (exact) mass is 267 g/mol. The smallest absolute Gasteiger partial charge is 0.131 e. The fourth-order valence-corrected chi connectivity index (χ4v) is 2.54. The average molecular weight is 267 g/mol. The van der Waals surface area contributed by atoms with E-state index in [2.05, 4.69) is 11.8 Å². The lowest BCUT2D eigenvalue weighted by Gasteiger charge is -2.31. The van der Waals surface area contributed by atoms with E-state index in [1.165, 1.54) is 18.9 Å². The minimum atomic E-state index is -0.164. The van der Waals surface area contributed by atoms with Gasteiger partial charge in [-0.1, -0.05) is 26.8 Å². The molecule has 19 heavy (non-hydrogen) atoms. The largest absolute Gasteiger partial charge is 0.496 e. The van der Waals surface area contributed by atoms with Gasteiger partial charge in [-0.3, -0.25) is 4.90 Å². The fourth-order valence-electron chi connectivity index (χ4n) is 2.54. The van der Waals surface area contributed by atoms with Crippen molar-refractivity contribution in [1.29, 1.82) is 0 Å². The van der Waals surface area contributed by atoms with Crippen molar-refractivity contribution in [3.05, 3.63) is 29.6 Å². The van der Waals surface area contributed by atoms with Crippen LogP contribution in [0.1, 0.15) is 39.2 Å². The van der Waals surface area contributed by atoms with E-state index in [9.17, 15) is 4.39 Å². The second-order valence-electron chi connectivity index (χ2n) is 4.90. The van der Waals surface area contributed by atoms with Gasteiger partial charge in [-0.05, 0) is 37.4 Å². The zero-order chi connectivity index (χ0) is 14.3. The maximum absolute atomic E-state index is 13.8. The van der Waals surface area contributed by atoms with Gasteiger partial charge >= 0.3 is 0 Å². The molecule has 1 aromatic rings. The van der Waals surface area contributed by atoms with Crippen LogP contribution < -0.4 is 4.74 Å².